The summed E-state index contributed by atoms with van der Waals surface area (Å²) in [6.07, 6.45) is 8.51. The summed E-state index contributed by atoms with van der Waals surface area (Å²) < 4.78 is 46.7. The van der Waals surface area contributed by atoms with Crippen molar-refractivity contribution in [1.29, 1.82) is 5.26 Å². The standard InChI is InChI=1S/C36H45F2N9O2S.C4H7NO2/c1-23(22-46-12-9-26(16-24(46)2)25-6-8-32-33(18-25)45(4)44-34(32)40-3)15-28-17-31(7-5-27(28)19-39)50(48)47-13-10-29(11-14-47)43-36-41-20-30(21-42-36)49-35(37)38;6-3-1-2-5-4-7/h5-8,17-18,20-21,23-24,26,29,35H,9-16,22H2,1-4H3,(H,40,44)(H,41,42,43);3-4H,1-2H2,(H,5,7)/t23?,24-,26?,50?;/m0./s1. The number of rotatable bonds is 16. The number of hydrogen-bond donors (Lipinski definition) is 3. The molecule has 0 bridgehead atoms. The van der Waals surface area contributed by atoms with Crippen LogP contribution < -0.4 is 20.7 Å². The van der Waals surface area contributed by atoms with Crippen LogP contribution in [0.25, 0.3) is 10.9 Å². The first-order valence-corrected chi connectivity index (χ1v) is 20.4. The van der Waals surface area contributed by atoms with Gasteiger partial charge in [-0.2, -0.15) is 19.1 Å². The third kappa shape index (κ3) is 11.7. The predicted octanol–water partition coefficient (Wildman–Crippen LogP) is 5.25. The van der Waals surface area contributed by atoms with Gasteiger partial charge < -0.3 is 30.4 Å². The molecule has 0 spiro atoms. The van der Waals surface area contributed by atoms with E-state index >= 15 is 0 Å². The molecule has 4 atom stereocenters. The number of aryl methyl sites for hydroxylation is 1. The van der Waals surface area contributed by atoms with Gasteiger partial charge in [0.25, 0.3) is 0 Å². The second kappa shape index (κ2) is 20.9. The first kappa shape index (κ1) is 43.1. The molecule has 2 aliphatic heterocycles. The van der Waals surface area contributed by atoms with Gasteiger partial charge in [-0.25, -0.2) is 18.5 Å². The first-order valence-electron chi connectivity index (χ1n) is 19.3. The minimum absolute atomic E-state index is 0.0613. The fraction of sp³-hybridized carbons (Fsp3) is 0.500. The zero-order valence-electron chi connectivity index (χ0n) is 32.9. The van der Waals surface area contributed by atoms with Crippen molar-refractivity contribution in [3.63, 3.8) is 0 Å². The number of amides is 1. The highest BCUT2D eigenvalue weighted by Gasteiger charge is 2.29. The van der Waals surface area contributed by atoms with Gasteiger partial charge in [0.15, 0.2) is 11.6 Å². The van der Waals surface area contributed by atoms with Crippen LogP contribution in [0.2, 0.25) is 0 Å². The number of aldehydes is 1. The summed E-state index contributed by atoms with van der Waals surface area (Å²) >= 11 is 0. The van der Waals surface area contributed by atoms with Gasteiger partial charge in [0, 0.05) is 64.2 Å². The molecule has 2 fully saturated rings. The number of nitrogens with zero attached hydrogens (tertiary/aromatic N) is 7. The Morgan fingerprint density at radius 1 is 1.09 bits per heavy atom. The summed E-state index contributed by atoms with van der Waals surface area (Å²) in [6, 6.07) is 15.1. The van der Waals surface area contributed by atoms with Crippen molar-refractivity contribution in [3.8, 4) is 11.8 Å². The lowest BCUT2D eigenvalue weighted by molar-refractivity contribution is -0.110. The van der Waals surface area contributed by atoms with Crippen molar-refractivity contribution in [3.05, 3.63) is 65.5 Å². The number of nitrogens with one attached hydrogen (secondary N) is 3. The van der Waals surface area contributed by atoms with Crippen LogP contribution in [0.5, 0.6) is 5.75 Å². The molecule has 1 amide bonds. The van der Waals surface area contributed by atoms with Crippen molar-refractivity contribution in [2.75, 3.05) is 50.4 Å². The minimum Gasteiger partial charge on any atom is -0.432 e. The van der Waals surface area contributed by atoms with Crippen molar-refractivity contribution in [2.24, 2.45) is 13.0 Å². The summed E-state index contributed by atoms with van der Waals surface area (Å²) in [6.45, 7) is 5.23. The SMILES string of the molecule is CNc1nn(C)c2cc(C3CCN(CC(C)Cc4cc(S(=O)N5CCC(Nc6ncc(OC(F)F)cn6)CC5)ccc4C#N)[C@@H](C)C3)ccc12.O=CCCNC=O. The highest BCUT2D eigenvalue weighted by atomic mass is 32.2. The van der Waals surface area contributed by atoms with Gasteiger partial charge in [0.05, 0.1) is 34.4 Å². The van der Waals surface area contributed by atoms with E-state index in [0.29, 0.717) is 79.6 Å². The number of anilines is 2. The smallest absolute Gasteiger partial charge is 0.387 e. The molecule has 306 valence electrons. The Bertz CT molecular complexity index is 1990. The average Bonchev–Trinajstić information content (AvgIpc) is 3.54. The van der Waals surface area contributed by atoms with E-state index in [9.17, 15) is 27.8 Å². The van der Waals surface area contributed by atoms with E-state index in [-0.39, 0.29) is 11.8 Å². The number of piperidine rings is 2. The zero-order valence-corrected chi connectivity index (χ0v) is 33.7. The molecule has 2 aromatic heterocycles. The average molecular weight is 807 g/mol. The molecule has 6 rings (SSSR count). The van der Waals surface area contributed by atoms with E-state index in [1.807, 2.05) is 29.1 Å². The van der Waals surface area contributed by atoms with E-state index in [2.05, 4.69) is 78.8 Å². The van der Waals surface area contributed by atoms with E-state index in [1.54, 1.807) is 12.1 Å². The Morgan fingerprint density at radius 3 is 2.49 bits per heavy atom. The number of nitriles is 1. The summed E-state index contributed by atoms with van der Waals surface area (Å²) in [4.78, 5) is 30.4. The molecule has 2 saturated heterocycles. The number of fused-ring (bicyclic) bond motifs is 1. The van der Waals surface area contributed by atoms with Crippen molar-refractivity contribution in [2.45, 2.75) is 81.9 Å². The van der Waals surface area contributed by atoms with E-state index in [0.717, 1.165) is 60.9 Å². The van der Waals surface area contributed by atoms with E-state index in [1.165, 1.54) is 18.0 Å². The highest BCUT2D eigenvalue weighted by molar-refractivity contribution is 7.82. The van der Waals surface area contributed by atoms with Crippen LogP contribution in [-0.4, -0.2) is 104 Å². The fourth-order valence-corrected chi connectivity index (χ4v) is 8.83. The zero-order chi connectivity index (χ0) is 40.9. The lowest BCUT2D eigenvalue weighted by atomic mass is 9.85. The summed E-state index contributed by atoms with van der Waals surface area (Å²) in [7, 11) is 2.53. The molecule has 0 aliphatic carbocycles. The maximum absolute atomic E-state index is 13.7. The molecule has 0 radical (unpaired) electrons. The molecule has 17 heteroatoms. The first-order chi connectivity index (χ1) is 27.5. The van der Waals surface area contributed by atoms with Crippen LogP contribution in [-0.2, 0) is 34.0 Å². The molecule has 0 saturated carbocycles. The summed E-state index contributed by atoms with van der Waals surface area (Å²) in [5.74, 6) is 1.96. The number of carbonyl (C=O) groups excluding carboxylic acids is 2. The quantitative estimate of drug-likeness (QED) is 0.1000. The Balaban J connectivity index is 0.000000811. The van der Waals surface area contributed by atoms with Gasteiger partial charge in [-0.1, -0.05) is 13.0 Å². The number of ether oxygens (including phenoxy) is 1. The van der Waals surface area contributed by atoms with Crippen LogP contribution in [0.1, 0.15) is 68.6 Å². The second-order valence-electron chi connectivity index (χ2n) is 14.5. The van der Waals surface area contributed by atoms with Crippen LogP contribution in [0.3, 0.4) is 0 Å². The lowest BCUT2D eigenvalue weighted by Gasteiger charge is -2.39. The number of benzene rings is 2. The molecule has 14 nitrogen and oxygen atoms in total. The largest absolute Gasteiger partial charge is 0.432 e. The lowest BCUT2D eigenvalue weighted by Crippen LogP contribution is -2.42. The van der Waals surface area contributed by atoms with Gasteiger partial charge in [0.2, 0.25) is 12.4 Å². The molecule has 57 heavy (non-hydrogen) atoms. The highest BCUT2D eigenvalue weighted by Crippen LogP contribution is 2.35. The Kier molecular flexibility index (Phi) is 15.8. The van der Waals surface area contributed by atoms with E-state index in [4.69, 9.17) is 0 Å². The Morgan fingerprint density at radius 2 is 1.84 bits per heavy atom. The van der Waals surface area contributed by atoms with Gasteiger partial charge in [-0.15, -0.1) is 0 Å². The normalized spacial score (nSPS) is 18.8. The topological polar surface area (TPSA) is 170 Å². The molecule has 3 unspecified atom stereocenters. The molecule has 2 aliphatic rings. The molecule has 4 heterocycles. The third-order valence-electron chi connectivity index (χ3n) is 10.5. The van der Waals surface area contributed by atoms with E-state index < -0.39 is 17.6 Å². The number of hydrogen-bond acceptors (Lipinski definition) is 11. The minimum atomic E-state index is -2.93. The predicted molar refractivity (Wildman–Crippen MR) is 215 cm³/mol. The van der Waals surface area contributed by atoms with Gasteiger partial charge in [-0.3, -0.25) is 9.48 Å². The van der Waals surface area contributed by atoms with Crippen LogP contribution in [0.4, 0.5) is 20.5 Å². The molecule has 2 aromatic carbocycles. The fourth-order valence-electron chi connectivity index (χ4n) is 7.56. The number of alkyl halides is 2. The van der Waals surface area contributed by atoms with Crippen LogP contribution in [0, 0.1) is 17.2 Å². The molecular formula is C40H52F2N10O4S. The van der Waals surface area contributed by atoms with Crippen molar-refractivity contribution in [1.82, 2.24) is 34.3 Å². The summed E-state index contributed by atoms with van der Waals surface area (Å²) in [5.41, 5.74) is 4.08. The van der Waals surface area contributed by atoms with Crippen LogP contribution in [0.15, 0.2) is 53.7 Å². The van der Waals surface area contributed by atoms with Gasteiger partial charge in [0.1, 0.15) is 17.3 Å². The molecule has 4 aromatic rings. The van der Waals surface area contributed by atoms with Crippen molar-refractivity contribution >= 4 is 46.4 Å². The number of halogens is 2. The van der Waals surface area contributed by atoms with Gasteiger partial charge >= 0.3 is 6.61 Å². The number of likely N-dealkylation sites (tertiary alicyclic amines) is 1. The maximum Gasteiger partial charge on any atom is 0.387 e. The maximum atomic E-state index is 13.7. The van der Waals surface area contributed by atoms with Crippen molar-refractivity contribution < 1.29 is 27.3 Å². The van der Waals surface area contributed by atoms with Crippen LogP contribution >= 0.6 is 0 Å². The molecule has 3 N–H and O–H groups in total. The third-order valence-corrected chi connectivity index (χ3v) is 12.0. The monoisotopic (exact) mass is 806 g/mol. The van der Waals surface area contributed by atoms with Gasteiger partial charge in [-0.05, 0) is 98.9 Å². The number of aromatic nitrogens is 4. The Hall–Kier alpha value is -5.05. The second-order valence-corrected chi connectivity index (χ2v) is 16.0. The summed E-state index contributed by atoms with van der Waals surface area (Å²) in [5, 5.41) is 24.4. The Labute approximate surface area is 335 Å². The molecular weight excluding hydrogens is 755 g/mol. The number of carbonyl (C=O) groups is 2.